The molecule has 0 saturated heterocycles. The van der Waals surface area contributed by atoms with Crippen LogP contribution >= 0.6 is 0 Å². The van der Waals surface area contributed by atoms with Gasteiger partial charge in [0.15, 0.2) is 0 Å². The molecule has 0 amide bonds. The van der Waals surface area contributed by atoms with Crippen LogP contribution in [-0.4, -0.2) is 22.8 Å². The molecule has 6 nitrogen and oxygen atoms in total. The summed E-state index contributed by atoms with van der Waals surface area (Å²) in [4.78, 5) is 24.1. The minimum Gasteiger partial charge on any atom is -0.508 e. The molecule has 29 heavy (non-hydrogen) atoms. The number of esters is 1. The molecule has 1 N–H and O–H groups in total. The monoisotopic (exact) mass is 392 g/mol. The number of phenols is 1. The summed E-state index contributed by atoms with van der Waals surface area (Å²) in [5.74, 6) is 0.261. The lowest BCUT2D eigenvalue weighted by molar-refractivity contribution is -0.155. The minimum atomic E-state index is -0.752. The first-order valence-electron chi connectivity index (χ1n) is 9.24. The summed E-state index contributed by atoms with van der Waals surface area (Å²) in [7, 11) is 0. The van der Waals surface area contributed by atoms with Crippen molar-refractivity contribution in [1.82, 2.24) is 0 Å². The third-order valence-corrected chi connectivity index (χ3v) is 4.95. The molecule has 1 aromatic heterocycles. The molecule has 148 valence electrons. The number of carbonyl (C=O) groups excluding carboxylic acids is 1. The van der Waals surface area contributed by atoms with Gasteiger partial charge in [0.2, 0.25) is 0 Å². The Morgan fingerprint density at radius 3 is 2.62 bits per heavy atom. The Kier molecular flexibility index (Phi) is 4.62. The zero-order chi connectivity index (χ0) is 20.6. The van der Waals surface area contributed by atoms with Gasteiger partial charge in [-0.25, -0.2) is 9.59 Å². The molecule has 0 bridgehead atoms. The third-order valence-electron chi connectivity index (χ3n) is 4.95. The average Bonchev–Trinajstić information content (AvgIpc) is 2.68. The zero-order valence-corrected chi connectivity index (χ0v) is 16.0. The Morgan fingerprint density at radius 1 is 1.14 bits per heavy atom. The fourth-order valence-electron chi connectivity index (χ4n) is 3.35. The largest absolute Gasteiger partial charge is 0.508 e. The molecular weight excluding hydrogens is 372 g/mol. The van der Waals surface area contributed by atoms with Crippen molar-refractivity contribution in [3.05, 3.63) is 76.2 Å². The van der Waals surface area contributed by atoms with Crippen LogP contribution in [0.5, 0.6) is 11.5 Å². The zero-order valence-electron chi connectivity index (χ0n) is 16.0. The van der Waals surface area contributed by atoms with Crippen molar-refractivity contribution in [2.45, 2.75) is 32.0 Å². The number of phenolic OH excluding ortho intramolecular Hbond substituents is 1. The van der Waals surface area contributed by atoms with Gasteiger partial charge in [-0.05, 0) is 55.8 Å². The van der Waals surface area contributed by atoms with E-state index in [0.29, 0.717) is 23.3 Å². The first kappa shape index (κ1) is 18.8. The van der Waals surface area contributed by atoms with Gasteiger partial charge in [-0.15, -0.1) is 0 Å². The topological polar surface area (TPSA) is 86.0 Å². The van der Waals surface area contributed by atoms with Crippen LogP contribution in [0.15, 0.2) is 63.8 Å². The van der Waals surface area contributed by atoms with Gasteiger partial charge in [0.1, 0.15) is 28.8 Å². The van der Waals surface area contributed by atoms with Crippen LogP contribution in [0.4, 0.5) is 0 Å². The normalized spacial score (nSPS) is 17.7. The summed E-state index contributed by atoms with van der Waals surface area (Å²) < 4.78 is 17.1. The van der Waals surface area contributed by atoms with E-state index in [1.807, 2.05) is 26.0 Å². The van der Waals surface area contributed by atoms with E-state index in [2.05, 4.69) is 0 Å². The number of aromatic hydroxyl groups is 1. The predicted octanol–water partition coefficient (Wildman–Crippen LogP) is 3.84. The van der Waals surface area contributed by atoms with E-state index in [1.54, 1.807) is 36.4 Å². The summed E-state index contributed by atoms with van der Waals surface area (Å²) in [6.07, 6.45) is 2.75. The lowest BCUT2D eigenvalue weighted by atomic mass is 9.90. The lowest BCUT2D eigenvalue weighted by Gasteiger charge is -2.39. The van der Waals surface area contributed by atoms with E-state index in [4.69, 9.17) is 13.9 Å². The van der Waals surface area contributed by atoms with Crippen LogP contribution in [0.25, 0.3) is 17.0 Å². The number of fused-ring (bicyclic) bond motifs is 3. The van der Waals surface area contributed by atoms with E-state index >= 15 is 0 Å². The molecule has 0 aliphatic carbocycles. The van der Waals surface area contributed by atoms with Crippen molar-refractivity contribution < 1.29 is 23.8 Å². The molecule has 1 aliphatic rings. The fraction of sp³-hybridized carbons (Fsp3) is 0.217. The molecule has 1 aliphatic heterocycles. The molecule has 0 saturated carbocycles. The van der Waals surface area contributed by atoms with Gasteiger partial charge in [-0.3, -0.25) is 0 Å². The van der Waals surface area contributed by atoms with E-state index in [0.717, 1.165) is 10.9 Å². The van der Waals surface area contributed by atoms with Gasteiger partial charge in [-0.2, -0.15) is 0 Å². The molecule has 3 aromatic rings. The Labute approximate surface area is 167 Å². The van der Waals surface area contributed by atoms with E-state index in [1.165, 1.54) is 12.1 Å². The van der Waals surface area contributed by atoms with Crippen molar-refractivity contribution >= 4 is 23.0 Å². The maximum atomic E-state index is 12.4. The number of carbonyl (C=O) groups is 1. The van der Waals surface area contributed by atoms with Crippen molar-refractivity contribution in [3.8, 4) is 11.5 Å². The first-order chi connectivity index (χ1) is 13.8. The Hall–Kier alpha value is -3.54. The molecule has 0 fully saturated rings. The summed E-state index contributed by atoms with van der Waals surface area (Å²) in [5.41, 5.74) is 0.724. The molecule has 6 heteroatoms. The molecule has 0 unspecified atom stereocenters. The standard InChI is InChI=1S/C23H20O6/c1-23(2)19(27-20(25)11-5-14-3-8-16(24)9-4-14)13-17-18(29-23)10-6-15-7-12-21(26)28-22(15)17/h3-12,19,24H,13H2,1-2H3/b11-5+/t19-/m1/s1. The SMILES string of the molecule is CC1(C)Oc2ccc3ccc(=O)oc3c2C[C@H]1OC(=O)/C=C/c1ccc(O)cc1. The second kappa shape index (κ2) is 7.13. The lowest BCUT2D eigenvalue weighted by Crippen LogP contribution is -2.48. The van der Waals surface area contributed by atoms with Gasteiger partial charge in [0.05, 0.1) is 0 Å². The van der Waals surface area contributed by atoms with Gasteiger partial charge in [-0.1, -0.05) is 12.1 Å². The van der Waals surface area contributed by atoms with Crippen LogP contribution in [-0.2, 0) is 16.0 Å². The average molecular weight is 392 g/mol. The molecule has 0 spiro atoms. The van der Waals surface area contributed by atoms with Gasteiger partial charge < -0.3 is 19.0 Å². The van der Waals surface area contributed by atoms with E-state index < -0.39 is 23.3 Å². The predicted molar refractivity (Wildman–Crippen MR) is 108 cm³/mol. The Bertz CT molecular complexity index is 1150. The van der Waals surface area contributed by atoms with Crippen LogP contribution in [0, 0.1) is 0 Å². The molecular formula is C23H20O6. The summed E-state index contributed by atoms with van der Waals surface area (Å²) in [5, 5.41) is 10.1. The molecule has 4 rings (SSSR count). The number of benzene rings is 2. The number of hydrogen-bond acceptors (Lipinski definition) is 6. The number of rotatable bonds is 3. The van der Waals surface area contributed by atoms with Crippen molar-refractivity contribution in [2.75, 3.05) is 0 Å². The van der Waals surface area contributed by atoms with E-state index in [9.17, 15) is 14.7 Å². The van der Waals surface area contributed by atoms with Gasteiger partial charge >= 0.3 is 11.6 Å². The summed E-state index contributed by atoms with van der Waals surface area (Å²) in [6.45, 7) is 3.70. The van der Waals surface area contributed by atoms with Crippen LogP contribution in [0.1, 0.15) is 25.0 Å². The third kappa shape index (κ3) is 3.87. The highest BCUT2D eigenvalue weighted by Crippen LogP contribution is 2.38. The molecule has 2 heterocycles. The van der Waals surface area contributed by atoms with Gasteiger partial charge in [0.25, 0.3) is 0 Å². The molecule has 1 atom stereocenters. The quantitative estimate of drug-likeness (QED) is 0.414. The van der Waals surface area contributed by atoms with E-state index in [-0.39, 0.29) is 5.75 Å². The molecule has 2 aromatic carbocycles. The van der Waals surface area contributed by atoms with Crippen molar-refractivity contribution in [2.24, 2.45) is 0 Å². The fourth-order valence-corrected chi connectivity index (χ4v) is 3.35. The highest BCUT2D eigenvalue weighted by Gasteiger charge is 2.40. The van der Waals surface area contributed by atoms with Gasteiger partial charge in [0, 0.05) is 29.5 Å². The maximum absolute atomic E-state index is 12.4. The highest BCUT2D eigenvalue weighted by molar-refractivity contribution is 5.87. The maximum Gasteiger partial charge on any atom is 0.336 e. The minimum absolute atomic E-state index is 0.156. The number of ether oxygens (including phenoxy) is 2. The van der Waals surface area contributed by atoms with Crippen molar-refractivity contribution in [1.29, 1.82) is 0 Å². The smallest absolute Gasteiger partial charge is 0.336 e. The van der Waals surface area contributed by atoms with Crippen molar-refractivity contribution in [3.63, 3.8) is 0 Å². The summed E-state index contributed by atoms with van der Waals surface area (Å²) in [6, 6.07) is 13.2. The second-order valence-electron chi connectivity index (χ2n) is 7.48. The second-order valence-corrected chi connectivity index (χ2v) is 7.48. The molecule has 0 radical (unpaired) electrons. The van der Waals surface area contributed by atoms with Crippen LogP contribution in [0.2, 0.25) is 0 Å². The highest BCUT2D eigenvalue weighted by atomic mass is 16.6. The Balaban J connectivity index is 1.58. The van der Waals surface area contributed by atoms with Crippen LogP contribution < -0.4 is 10.4 Å². The first-order valence-corrected chi connectivity index (χ1v) is 9.24. The van der Waals surface area contributed by atoms with Crippen LogP contribution in [0.3, 0.4) is 0 Å². The number of hydrogen-bond donors (Lipinski definition) is 1. The summed E-state index contributed by atoms with van der Waals surface area (Å²) >= 11 is 0. The Morgan fingerprint density at radius 2 is 1.86 bits per heavy atom.